The quantitative estimate of drug-likeness (QED) is 0.706. The van der Waals surface area contributed by atoms with E-state index in [1.165, 1.54) is 23.0 Å². The van der Waals surface area contributed by atoms with Crippen molar-refractivity contribution in [2.45, 2.75) is 26.7 Å². The van der Waals surface area contributed by atoms with Crippen molar-refractivity contribution < 1.29 is 0 Å². The third-order valence-corrected chi connectivity index (χ3v) is 2.43. The van der Waals surface area contributed by atoms with Crippen molar-refractivity contribution in [1.82, 2.24) is 0 Å². The molecule has 0 bridgehead atoms. The normalized spacial score (nSPS) is 10.4. The lowest BCUT2D eigenvalue weighted by Crippen LogP contribution is -2.01. The molecule has 2 N–H and O–H groups in total. The highest BCUT2D eigenvalue weighted by Gasteiger charge is 2.09. The summed E-state index contributed by atoms with van der Waals surface area (Å²) in [5, 5.41) is 10.5. The fraction of sp³-hybridized carbons (Fsp3) is 0.417. The fourth-order valence-corrected chi connectivity index (χ4v) is 1.72. The molecule has 0 aliphatic heterocycles. The molecule has 1 aromatic carbocycles. The first-order valence-electron chi connectivity index (χ1n) is 4.93. The molecule has 14 heavy (non-hydrogen) atoms. The van der Waals surface area contributed by atoms with Gasteiger partial charge in [0.25, 0.3) is 0 Å². The number of nitrogens with one attached hydrogen (secondary N) is 2. The van der Waals surface area contributed by atoms with Gasteiger partial charge in [-0.25, -0.2) is 0 Å². The Hall–Kier alpha value is -1.31. The van der Waals surface area contributed by atoms with Gasteiger partial charge in [-0.05, 0) is 41.7 Å². The van der Waals surface area contributed by atoms with E-state index < -0.39 is 0 Å². The van der Waals surface area contributed by atoms with Gasteiger partial charge in [0.1, 0.15) is 0 Å². The largest absolute Gasteiger partial charge is 0.388 e. The van der Waals surface area contributed by atoms with Crippen LogP contribution in [-0.2, 0) is 0 Å². The van der Waals surface area contributed by atoms with Crippen LogP contribution in [0.15, 0.2) is 12.1 Å². The molecule has 1 rings (SSSR count). The Labute approximate surface area is 85.9 Å². The van der Waals surface area contributed by atoms with E-state index in [2.05, 4.69) is 32.2 Å². The van der Waals surface area contributed by atoms with E-state index >= 15 is 0 Å². The predicted molar refractivity (Wildman–Crippen MR) is 62.7 cm³/mol. The summed E-state index contributed by atoms with van der Waals surface area (Å²) in [5.41, 5.74) is 4.67. The molecule has 0 spiro atoms. The minimum absolute atomic E-state index is 0.482. The van der Waals surface area contributed by atoms with Gasteiger partial charge < -0.3 is 10.7 Å². The molecule has 0 saturated carbocycles. The molecule has 1 aromatic rings. The molecule has 0 fully saturated rings. The molecule has 0 aliphatic rings. The summed E-state index contributed by atoms with van der Waals surface area (Å²) < 4.78 is 0. The molecule has 0 amide bonds. The van der Waals surface area contributed by atoms with E-state index in [4.69, 9.17) is 5.41 Å². The SMILES string of the molecule is CNc1c(C)cc(C=N)cc1C(C)C. The number of aryl methyl sites for hydroxylation is 1. The second kappa shape index (κ2) is 4.27. The molecule has 0 aromatic heterocycles. The predicted octanol–water partition coefficient (Wildman–Crippen LogP) is 3.16. The van der Waals surface area contributed by atoms with Crippen LogP contribution >= 0.6 is 0 Å². The summed E-state index contributed by atoms with van der Waals surface area (Å²) in [6.07, 6.45) is 1.40. The highest BCUT2D eigenvalue weighted by Crippen LogP contribution is 2.28. The second-order valence-corrected chi connectivity index (χ2v) is 3.85. The van der Waals surface area contributed by atoms with Crippen LogP contribution < -0.4 is 5.32 Å². The summed E-state index contributed by atoms with van der Waals surface area (Å²) >= 11 is 0. The van der Waals surface area contributed by atoms with Crippen molar-refractivity contribution in [3.05, 3.63) is 28.8 Å². The van der Waals surface area contributed by atoms with Crippen molar-refractivity contribution in [1.29, 1.82) is 5.41 Å². The van der Waals surface area contributed by atoms with E-state index in [1.807, 2.05) is 13.1 Å². The molecule has 2 nitrogen and oxygen atoms in total. The van der Waals surface area contributed by atoms with E-state index in [-0.39, 0.29) is 0 Å². The Kier molecular flexibility index (Phi) is 3.28. The van der Waals surface area contributed by atoms with Crippen LogP contribution in [0.25, 0.3) is 0 Å². The number of hydrogen-bond acceptors (Lipinski definition) is 2. The lowest BCUT2D eigenvalue weighted by molar-refractivity contribution is 0.866. The number of benzene rings is 1. The molecule has 0 heterocycles. The molecule has 2 heteroatoms. The fourth-order valence-electron chi connectivity index (χ4n) is 1.72. The maximum atomic E-state index is 7.26. The standard InChI is InChI=1S/C12H18N2/c1-8(2)11-6-10(7-13)5-9(3)12(11)14-4/h5-8,13-14H,1-4H3. The molecule has 0 aliphatic carbocycles. The summed E-state index contributed by atoms with van der Waals surface area (Å²) in [6, 6.07) is 4.11. The third kappa shape index (κ3) is 1.95. The van der Waals surface area contributed by atoms with Crippen molar-refractivity contribution in [2.24, 2.45) is 0 Å². The number of anilines is 1. The van der Waals surface area contributed by atoms with Gasteiger partial charge in [-0.1, -0.05) is 13.8 Å². The Balaban J connectivity index is 3.35. The zero-order valence-electron chi connectivity index (χ0n) is 9.31. The maximum absolute atomic E-state index is 7.26. The van der Waals surface area contributed by atoms with Crippen molar-refractivity contribution >= 4 is 11.9 Å². The summed E-state index contributed by atoms with van der Waals surface area (Å²) in [4.78, 5) is 0. The first-order chi connectivity index (χ1) is 6.60. The monoisotopic (exact) mass is 190 g/mol. The lowest BCUT2D eigenvalue weighted by atomic mass is 9.95. The first-order valence-corrected chi connectivity index (χ1v) is 4.93. The van der Waals surface area contributed by atoms with Crippen LogP contribution in [0.5, 0.6) is 0 Å². The topological polar surface area (TPSA) is 35.9 Å². The van der Waals surface area contributed by atoms with E-state index in [1.54, 1.807) is 0 Å². The maximum Gasteiger partial charge on any atom is 0.0402 e. The van der Waals surface area contributed by atoms with Gasteiger partial charge in [0.15, 0.2) is 0 Å². The van der Waals surface area contributed by atoms with Crippen LogP contribution in [-0.4, -0.2) is 13.3 Å². The van der Waals surface area contributed by atoms with E-state index in [0.717, 1.165) is 5.56 Å². The van der Waals surface area contributed by atoms with Gasteiger partial charge in [-0.15, -0.1) is 0 Å². The number of rotatable bonds is 3. The van der Waals surface area contributed by atoms with Gasteiger partial charge in [0, 0.05) is 18.9 Å². The highest BCUT2D eigenvalue weighted by molar-refractivity contribution is 5.80. The Bertz CT molecular complexity index is 340. The lowest BCUT2D eigenvalue weighted by Gasteiger charge is -2.16. The molecule has 0 unspecified atom stereocenters. The Morgan fingerprint density at radius 1 is 1.36 bits per heavy atom. The Morgan fingerprint density at radius 2 is 2.00 bits per heavy atom. The second-order valence-electron chi connectivity index (χ2n) is 3.85. The average Bonchev–Trinajstić information content (AvgIpc) is 2.16. The number of hydrogen-bond donors (Lipinski definition) is 2. The van der Waals surface area contributed by atoms with Crippen molar-refractivity contribution in [3.8, 4) is 0 Å². The smallest absolute Gasteiger partial charge is 0.0402 e. The van der Waals surface area contributed by atoms with Crippen molar-refractivity contribution in [2.75, 3.05) is 12.4 Å². The molecule has 76 valence electrons. The van der Waals surface area contributed by atoms with Crippen LogP contribution in [0.3, 0.4) is 0 Å². The summed E-state index contributed by atoms with van der Waals surface area (Å²) in [6.45, 7) is 6.41. The minimum atomic E-state index is 0.482. The van der Waals surface area contributed by atoms with E-state index in [9.17, 15) is 0 Å². The molecule has 0 radical (unpaired) electrons. The molecule has 0 saturated heterocycles. The molecule has 0 atom stereocenters. The van der Waals surface area contributed by atoms with E-state index in [0.29, 0.717) is 5.92 Å². The summed E-state index contributed by atoms with van der Waals surface area (Å²) in [7, 11) is 1.94. The Morgan fingerprint density at radius 3 is 2.43 bits per heavy atom. The van der Waals surface area contributed by atoms with Crippen molar-refractivity contribution in [3.63, 3.8) is 0 Å². The van der Waals surface area contributed by atoms with Crippen LogP contribution in [0, 0.1) is 12.3 Å². The average molecular weight is 190 g/mol. The zero-order valence-corrected chi connectivity index (χ0v) is 9.31. The van der Waals surface area contributed by atoms with Gasteiger partial charge >= 0.3 is 0 Å². The van der Waals surface area contributed by atoms with Crippen LogP contribution in [0.4, 0.5) is 5.69 Å². The van der Waals surface area contributed by atoms with Gasteiger partial charge in [-0.2, -0.15) is 0 Å². The van der Waals surface area contributed by atoms with Gasteiger partial charge in [0.2, 0.25) is 0 Å². The van der Waals surface area contributed by atoms with Gasteiger partial charge in [-0.3, -0.25) is 0 Å². The molecular formula is C12H18N2. The van der Waals surface area contributed by atoms with Crippen LogP contribution in [0.1, 0.15) is 36.5 Å². The highest BCUT2D eigenvalue weighted by atomic mass is 14.8. The minimum Gasteiger partial charge on any atom is -0.388 e. The zero-order chi connectivity index (χ0) is 10.7. The van der Waals surface area contributed by atoms with Gasteiger partial charge in [0.05, 0.1) is 0 Å². The first kappa shape index (κ1) is 10.8. The van der Waals surface area contributed by atoms with Crippen LogP contribution in [0.2, 0.25) is 0 Å². The third-order valence-electron chi connectivity index (χ3n) is 2.43. The molecular weight excluding hydrogens is 172 g/mol. The summed E-state index contributed by atoms with van der Waals surface area (Å²) in [5.74, 6) is 0.482.